The highest BCUT2D eigenvalue weighted by Crippen LogP contribution is 2.41. The molecule has 5 nitrogen and oxygen atoms in total. The summed E-state index contributed by atoms with van der Waals surface area (Å²) in [4.78, 5) is 4.20. The van der Waals surface area contributed by atoms with Crippen LogP contribution in [-0.4, -0.2) is 19.2 Å². The van der Waals surface area contributed by atoms with Gasteiger partial charge < -0.3 is 0 Å². The molecule has 1 aliphatic rings. The number of hydrogen-bond acceptors (Lipinski definition) is 4. The zero-order valence-electron chi connectivity index (χ0n) is 13.7. The van der Waals surface area contributed by atoms with Crippen LogP contribution in [0.3, 0.4) is 0 Å². The number of hydrogen-bond donors (Lipinski definition) is 1. The van der Waals surface area contributed by atoms with E-state index in [4.69, 9.17) is 5.26 Å². The van der Waals surface area contributed by atoms with E-state index in [0.717, 1.165) is 18.4 Å². The Balaban J connectivity index is 1.95. The van der Waals surface area contributed by atoms with Crippen molar-refractivity contribution in [2.75, 3.05) is 5.75 Å². The predicted octanol–water partition coefficient (Wildman–Crippen LogP) is 3.15. The Labute approximate surface area is 146 Å². The van der Waals surface area contributed by atoms with Crippen molar-refractivity contribution in [2.45, 2.75) is 25.8 Å². The second-order valence-corrected chi connectivity index (χ2v) is 8.19. The summed E-state index contributed by atoms with van der Waals surface area (Å²) in [6.45, 7) is 1.60. The number of aromatic nitrogens is 1. The van der Waals surface area contributed by atoms with Crippen LogP contribution in [0.25, 0.3) is 11.1 Å². The molecule has 1 N–H and O–H groups in total. The molecule has 1 heterocycles. The first-order chi connectivity index (χ1) is 11.9. The highest BCUT2D eigenvalue weighted by molar-refractivity contribution is 7.89. The van der Waals surface area contributed by atoms with Crippen molar-refractivity contribution in [3.63, 3.8) is 0 Å². The van der Waals surface area contributed by atoms with Gasteiger partial charge in [0.1, 0.15) is 11.9 Å². The molecule has 2 aromatic rings. The van der Waals surface area contributed by atoms with Crippen LogP contribution in [0.5, 0.6) is 0 Å². The molecule has 130 valence electrons. The molecule has 1 saturated carbocycles. The fraction of sp³-hybridized carbons (Fsp3) is 0.333. The Morgan fingerprint density at radius 2 is 2.08 bits per heavy atom. The molecule has 0 amide bonds. The van der Waals surface area contributed by atoms with Gasteiger partial charge in [0.15, 0.2) is 0 Å². The van der Waals surface area contributed by atoms with Gasteiger partial charge in [0.2, 0.25) is 10.0 Å². The molecule has 1 atom stereocenters. The number of rotatable bonds is 6. The molecule has 0 aliphatic heterocycles. The third-order valence-electron chi connectivity index (χ3n) is 4.32. The van der Waals surface area contributed by atoms with E-state index in [2.05, 4.69) is 9.71 Å². The number of nitrogens with one attached hydrogen (secondary N) is 1. The molecule has 0 unspecified atom stereocenters. The molecule has 1 aliphatic carbocycles. The van der Waals surface area contributed by atoms with Crippen molar-refractivity contribution in [3.05, 3.63) is 53.6 Å². The summed E-state index contributed by atoms with van der Waals surface area (Å²) in [5.41, 5.74) is 2.03. The first-order valence-electron chi connectivity index (χ1n) is 8.08. The SMILES string of the molecule is CCS(=O)(=O)N[C@@H](c1cncc(-c2ccc(C#N)c(F)c2)c1)C1CC1. The number of nitrogens with zero attached hydrogens (tertiary/aromatic N) is 2. The minimum absolute atomic E-state index is 0.0144. The zero-order chi connectivity index (χ0) is 18.0. The molecule has 1 aromatic carbocycles. The smallest absolute Gasteiger partial charge is 0.211 e. The monoisotopic (exact) mass is 359 g/mol. The minimum Gasteiger partial charge on any atom is -0.264 e. The number of sulfonamides is 1. The lowest BCUT2D eigenvalue weighted by atomic mass is 10.00. The largest absolute Gasteiger partial charge is 0.264 e. The standard InChI is InChI=1S/C18H18FN3O2S/c1-2-25(23,24)22-18(12-3-4-12)16-7-15(10-21-11-16)13-5-6-14(9-20)17(19)8-13/h5-8,10-12,18,22H,2-4H2,1H3/t18-/m1/s1. The lowest BCUT2D eigenvalue weighted by Gasteiger charge is -2.18. The van der Waals surface area contributed by atoms with Gasteiger partial charge in [-0.1, -0.05) is 6.07 Å². The van der Waals surface area contributed by atoms with Gasteiger partial charge in [0.25, 0.3) is 0 Å². The fourth-order valence-electron chi connectivity index (χ4n) is 2.71. The topological polar surface area (TPSA) is 82.8 Å². The number of nitriles is 1. The zero-order valence-corrected chi connectivity index (χ0v) is 14.6. The molecule has 1 aromatic heterocycles. The third-order valence-corrected chi connectivity index (χ3v) is 5.69. The average Bonchev–Trinajstić information content (AvgIpc) is 3.45. The second-order valence-electron chi connectivity index (χ2n) is 6.15. The first kappa shape index (κ1) is 17.5. The van der Waals surface area contributed by atoms with Crippen molar-refractivity contribution < 1.29 is 12.8 Å². The second kappa shape index (κ2) is 6.90. The summed E-state index contributed by atoms with van der Waals surface area (Å²) in [6, 6.07) is 7.68. The van der Waals surface area contributed by atoms with Crippen molar-refractivity contribution in [1.29, 1.82) is 5.26 Å². The van der Waals surface area contributed by atoms with Gasteiger partial charge >= 0.3 is 0 Å². The van der Waals surface area contributed by atoms with E-state index in [1.807, 2.05) is 6.07 Å². The van der Waals surface area contributed by atoms with E-state index < -0.39 is 15.8 Å². The van der Waals surface area contributed by atoms with Crippen LogP contribution in [0.4, 0.5) is 4.39 Å². The van der Waals surface area contributed by atoms with Gasteiger partial charge in [-0.05, 0) is 55.0 Å². The lowest BCUT2D eigenvalue weighted by molar-refractivity contribution is 0.529. The average molecular weight is 359 g/mol. The van der Waals surface area contributed by atoms with Crippen molar-refractivity contribution in [3.8, 4) is 17.2 Å². The molecule has 3 rings (SSSR count). The number of benzene rings is 1. The van der Waals surface area contributed by atoms with Gasteiger partial charge in [0, 0.05) is 18.0 Å². The van der Waals surface area contributed by atoms with Gasteiger partial charge in [-0.25, -0.2) is 17.5 Å². The maximum absolute atomic E-state index is 13.9. The highest BCUT2D eigenvalue weighted by Gasteiger charge is 2.35. The van der Waals surface area contributed by atoms with Crippen LogP contribution in [0.15, 0.2) is 36.7 Å². The van der Waals surface area contributed by atoms with Crippen LogP contribution >= 0.6 is 0 Å². The summed E-state index contributed by atoms with van der Waals surface area (Å²) in [5.74, 6) is -0.309. The molecule has 0 bridgehead atoms. The van der Waals surface area contributed by atoms with E-state index in [9.17, 15) is 12.8 Å². The van der Waals surface area contributed by atoms with E-state index in [1.54, 1.807) is 31.5 Å². The van der Waals surface area contributed by atoms with Gasteiger partial charge in [-0.2, -0.15) is 5.26 Å². The van der Waals surface area contributed by atoms with Gasteiger partial charge in [0.05, 0.1) is 17.4 Å². The molecule has 25 heavy (non-hydrogen) atoms. The summed E-state index contributed by atoms with van der Waals surface area (Å²) >= 11 is 0. The summed E-state index contributed by atoms with van der Waals surface area (Å²) in [5, 5.41) is 8.83. The number of halogens is 1. The van der Waals surface area contributed by atoms with E-state index in [-0.39, 0.29) is 23.3 Å². The van der Waals surface area contributed by atoms with Crippen molar-refractivity contribution in [2.24, 2.45) is 5.92 Å². The lowest BCUT2D eigenvalue weighted by Crippen LogP contribution is -2.31. The maximum Gasteiger partial charge on any atom is 0.211 e. The summed E-state index contributed by atoms with van der Waals surface area (Å²) < 4.78 is 40.6. The first-order valence-corrected chi connectivity index (χ1v) is 9.73. The highest BCUT2D eigenvalue weighted by atomic mass is 32.2. The van der Waals surface area contributed by atoms with E-state index >= 15 is 0 Å². The molecule has 0 radical (unpaired) electrons. The van der Waals surface area contributed by atoms with Crippen molar-refractivity contribution in [1.82, 2.24) is 9.71 Å². The molecular formula is C18H18FN3O2S. The van der Waals surface area contributed by atoms with Crippen LogP contribution in [0.2, 0.25) is 0 Å². The Hall–Kier alpha value is -2.30. The Kier molecular flexibility index (Phi) is 4.84. The van der Waals surface area contributed by atoms with E-state index in [1.165, 1.54) is 12.1 Å². The van der Waals surface area contributed by atoms with Crippen LogP contribution in [-0.2, 0) is 10.0 Å². The summed E-state index contributed by atoms with van der Waals surface area (Å²) in [7, 11) is -3.34. The number of pyridine rings is 1. The van der Waals surface area contributed by atoms with Crippen molar-refractivity contribution >= 4 is 10.0 Å². The van der Waals surface area contributed by atoms with Gasteiger partial charge in [-0.15, -0.1) is 0 Å². The fourth-order valence-corrected chi connectivity index (χ4v) is 3.60. The third kappa shape index (κ3) is 4.03. The van der Waals surface area contributed by atoms with E-state index in [0.29, 0.717) is 11.1 Å². The van der Waals surface area contributed by atoms with Gasteiger partial charge in [-0.3, -0.25) is 4.98 Å². The Bertz CT molecular complexity index is 934. The predicted molar refractivity (Wildman–Crippen MR) is 92.4 cm³/mol. The van der Waals surface area contributed by atoms with Crippen LogP contribution in [0.1, 0.15) is 36.9 Å². The molecule has 1 fully saturated rings. The minimum atomic E-state index is -3.34. The Morgan fingerprint density at radius 3 is 2.68 bits per heavy atom. The normalized spacial score (nSPS) is 15.6. The van der Waals surface area contributed by atoms with Crippen LogP contribution < -0.4 is 4.72 Å². The molecular weight excluding hydrogens is 341 g/mol. The summed E-state index contributed by atoms with van der Waals surface area (Å²) in [6.07, 6.45) is 5.17. The van der Waals surface area contributed by atoms with Crippen LogP contribution in [0, 0.1) is 23.1 Å². The Morgan fingerprint density at radius 1 is 1.32 bits per heavy atom. The maximum atomic E-state index is 13.9. The molecule has 0 saturated heterocycles. The molecule has 0 spiro atoms. The quantitative estimate of drug-likeness (QED) is 0.859. The molecule has 7 heteroatoms.